The summed E-state index contributed by atoms with van der Waals surface area (Å²) in [6, 6.07) is 19.5. The first-order chi connectivity index (χ1) is 12.0. The number of hydrogen-bond acceptors (Lipinski definition) is 3. The van der Waals surface area contributed by atoms with Gasteiger partial charge in [-0.15, -0.1) is 0 Å². The topological polar surface area (TPSA) is 35.5 Å². The molecule has 2 aromatic rings. The van der Waals surface area contributed by atoms with Gasteiger partial charge in [0.05, 0.1) is 19.6 Å². The molecule has 2 aromatic carbocycles. The smallest absolute Gasteiger partial charge is 0.310 e. The molecule has 0 aliphatic carbocycles. The molecule has 0 amide bonds. The molecule has 0 bridgehead atoms. The van der Waals surface area contributed by atoms with Crippen LogP contribution in [-0.2, 0) is 16.0 Å². The Balaban J connectivity index is 0.000000257. The fourth-order valence-corrected chi connectivity index (χ4v) is 1.85. The molecule has 0 spiro atoms. The van der Waals surface area contributed by atoms with Gasteiger partial charge in [0.25, 0.3) is 0 Å². The average molecular weight is 342 g/mol. The number of esters is 1. The first-order valence-electron chi connectivity index (χ1n) is 8.84. The summed E-state index contributed by atoms with van der Waals surface area (Å²) in [5.41, 5.74) is 1.00. The Kier molecular flexibility index (Phi) is 10.1. The maximum absolute atomic E-state index is 11.3. The molecule has 0 heterocycles. The monoisotopic (exact) mass is 342 g/mol. The average Bonchev–Trinajstić information content (AvgIpc) is 2.60. The molecule has 0 saturated heterocycles. The van der Waals surface area contributed by atoms with Gasteiger partial charge in [0.15, 0.2) is 0 Å². The summed E-state index contributed by atoms with van der Waals surface area (Å²) in [5, 5.41) is 0. The Morgan fingerprint density at radius 2 is 1.32 bits per heavy atom. The zero-order valence-corrected chi connectivity index (χ0v) is 15.8. The lowest BCUT2D eigenvalue weighted by Crippen LogP contribution is -2.12. The van der Waals surface area contributed by atoms with Gasteiger partial charge in [-0.1, -0.05) is 76.2 Å². The molecule has 136 valence electrons. The molecule has 0 aliphatic heterocycles. The van der Waals surface area contributed by atoms with E-state index in [1.807, 2.05) is 74.5 Å². The predicted molar refractivity (Wildman–Crippen MR) is 103 cm³/mol. The number of carbonyl (C=O) groups is 1. The lowest BCUT2D eigenvalue weighted by atomic mass is 10.1. The van der Waals surface area contributed by atoms with Crippen LogP contribution in [0.3, 0.4) is 0 Å². The summed E-state index contributed by atoms with van der Waals surface area (Å²) < 4.78 is 10.5. The van der Waals surface area contributed by atoms with E-state index < -0.39 is 0 Å². The van der Waals surface area contributed by atoms with Crippen LogP contribution in [0.1, 0.15) is 33.3 Å². The Morgan fingerprint density at radius 1 is 0.800 bits per heavy atom. The molecular weight excluding hydrogens is 312 g/mol. The number of benzene rings is 2. The summed E-state index contributed by atoms with van der Waals surface area (Å²) >= 11 is 0. The third-order valence-electron chi connectivity index (χ3n) is 3.10. The molecule has 0 fully saturated rings. The molecule has 0 N–H and O–H groups in total. The highest BCUT2D eigenvalue weighted by Crippen LogP contribution is 2.09. The van der Waals surface area contributed by atoms with Gasteiger partial charge >= 0.3 is 5.97 Å². The molecular formula is C22H30O3. The minimum atomic E-state index is -0.148. The van der Waals surface area contributed by atoms with Gasteiger partial charge in [-0.25, -0.2) is 0 Å². The van der Waals surface area contributed by atoms with Gasteiger partial charge in [0, 0.05) is 0 Å². The fourth-order valence-electron chi connectivity index (χ4n) is 1.85. The van der Waals surface area contributed by atoms with Crippen LogP contribution in [0.25, 0.3) is 0 Å². The zero-order valence-electron chi connectivity index (χ0n) is 15.8. The lowest BCUT2D eigenvalue weighted by Gasteiger charge is -2.07. The van der Waals surface area contributed by atoms with Crippen molar-refractivity contribution in [1.29, 1.82) is 0 Å². The third kappa shape index (κ3) is 11.0. The summed E-state index contributed by atoms with van der Waals surface area (Å²) in [5.74, 6) is 1.80. The van der Waals surface area contributed by atoms with E-state index in [0.717, 1.165) is 17.9 Å². The molecule has 0 atom stereocenters. The first-order valence-corrected chi connectivity index (χ1v) is 8.84. The SMILES string of the molecule is CC(C)COC(=O)Cc1ccccc1.CC(C)COc1ccccc1. The second-order valence-corrected chi connectivity index (χ2v) is 6.76. The number of ether oxygens (including phenoxy) is 2. The Labute approximate surface area is 152 Å². The highest BCUT2D eigenvalue weighted by molar-refractivity contribution is 5.72. The van der Waals surface area contributed by atoms with E-state index in [9.17, 15) is 4.79 Å². The van der Waals surface area contributed by atoms with Crippen LogP contribution in [0, 0.1) is 11.8 Å². The van der Waals surface area contributed by atoms with Crippen molar-refractivity contribution >= 4 is 5.97 Å². The summed E-state index contributed by atoms with van der Waals surface area (Å²) in [4.78, 5) is 11.3. The van der Waals surface area contributed by atoms with Crippen molar-refractivity contribution in [3.63, 3.8) is 0 Å². The normalized spacial score (nSPS) is 10.2. The van der Waals surface area contributed by atoms with E-state index in [1.54, 1.807) is 0 Å². The number of hydrogen-bond donors (Lipinski definition) is 0. The molecule has 2 rings (SSSR count). The van der Waals surface area contributed by atoms with Crippen molar-refractivity contribution in [2.24, 2.45) is 11.8 Å². The first kappa shape index (κ1) is 20.8. The van der Waals surface area contributed by atoms with Crippen molar-refractivity contribution < 1.29 is 14.3 Å². The highest BCUT2D eigenvalue weighted by atomic mass is 16.5. The van der Waals surface area contributed by atoms with Crippen LogP contribution in [0.2, 0.25) is 0 Å². The molecule has 3 heteroatoms. The quantitative estimate of drug-likeness (QED) is 0.653. The largest absolute Gasteiger partial charge is 0.493 e. The maximum atomic E-state index is 11.3. The molecule has 0 saturated carbocycles. The Bertz CT molecular complexity index is 577. The molecule has 0 aromatic heterocycles. The van der Waals surface area contributed by atoms with E-state index >= 15 is 0 Å². The number of carbonyl (C=O) groups excluding carboxylic acids is 1. The second-order valence-electron chi connectivity index (χ2n) is 6.76. The van der Waals surface area contributed by atoms with Crippen LogP contribution in [0.5, 0.6) is 5.75 Å². The van der Waals surface area contributed by atoms with Gasteiger partial charge in [0.1, 0.15) is 5.75 Å². The van der Waals surface area contributed by atoms with Crippen molar-refractivity contribution in [3.05, 3.63) is 66.2 Å². The molecule has 0 unspecified atom stereocenters. The van der Waals surface area contributed by atoms with Gasteiger partial charge in [-0.05, 0) is 29.5 Å². The van der Waals surface area contributed by atoms with Crippen molar-refractivity contribution in [2.75, 3.05) is 13.2 Å². The standard InChI is InChI=1S/C12H16O2.C10H14O/c1-10(2)9-14-12(13)8-11-6-4-3-5-7-11;1-9(2)8-11-10-6-4-3-5-7-10/h3-7,10H,8-9H2,1-2H3;3-7,9H,8H2,1-2H3. The highest BCUT2D eigenvalue weighted by Gasteiger charge is 2.04. The summed E-state index contributed by atoms with van der Waals surface area (Å²) in [7, 11) is 0. The number of rotatable bonds is 7. The zero-order chi connectivity index (χ0) is 18.5. The van der Waals surface area contributed by atoms with Gasteiger partial charge in [-0.3, -0.25) is 4.79 Å². The van der Waals surface area contributed by atoms with Crippen molar-refractivity contribution in [2.45, 2.75) is 34.1 Å². The minimum absolute atomic E-state index is 0.148. The van der Waals surface area contributed by atoms with Crippen LogP contribution < -0.4 is 4.74 Å². The second kappa shape index (κ2) is 12.1. The Morgan fingerprint density at radius 3 is 1.84 bits per heavy atom. The number of para-hydroxylation sites is 1. The molecule has 0 aliphatic rings. The maximum Gasteiger partial charge on any atom is 0.310 e. The van der Waals surface area contributed by atoms with Gasteiger partial charge < -0.3 is 9.47 Å². The molecule has 0 radical (unpaired) electrons. The van der Waals surface area contributed by atoms with Crippen molar-refractivity contribution in [3.8, 4) is 5.75 Å². The predicted octanol–water partition coefficient (Wildman–Crippen LogP) is 5.15. The van der Waals surface area contributed by atoms with Crippen LogP contribution in [-0.4, -0.2) is 19.2 Å². The molecule has 3 nitrogen and oxygen atoms in total. The van der Waals surface area contributed by atoms with E-state index in [0.29, 0.717) is 24.9 Å². The molecule has 25 heavy (non-hydrogen) atoms. The van der Waals surface area contributed by atoms with Crippen LogP contribution >= 0.6 is 0 Å². The van der Waals surface area contributed by atoms with Crippen molar-refractivity contribution in [1.82, 2.24) is 0 Å². The van der Waals surface area contributed by atoms with Gasteiger partial charge in [-0.2, -0.15) is 0 Å². The van der Waals surface area contributed by atoms with Crippen LogP contribution in [0.4, 0.5) is 0 Å². The third-order valence-corrected chi connectivity index (χ3v) is 3.10. The van der Waals surface area contributed by atoms with E-state index in [2.05, 4.69) is 13.8 Å². The summed E-state index contributed by atoms with van der Waals surface area (Å²) in [6.07, 6.45) is 0.369. The van der Waals surface area contributed by atoms with Crippen LogP contribution in [0.15, 0.2) is 60.7 Å². The van der Waals surface area contributed by atoms with Gasteiger partial charge in [0.2, 0.25) is 0 Å². The minimum Gasteiger partial charge on any atom is -0.493 e. The van der Waals surface area contributed by atoms with E-state index in [1.165, 1.54) is 0 Å². The van der Waals surface area contributed by atoms with E-state index in [4.69, 9.17) is 9.47 Å². The lowest BCUT2D eigenvalue weighted by molar-refractivity contribution is -0.143. The fraction of sp³-hybridized carbons (Fsp3) is 0.409. The van der Waals surface area contributed by atoms with E-state index in [-0.39, 0.29) is 5.97 Å². The Hall–Kier alpha value is -2.29. The summed E-state index contributed by atoms with van der Waals surface area (Å²) in [6.45, 7) is 9.63.